The van der Waals surface area contributed by atoms with E-state index < -0.39 is 0 Å². The average Bonchev–Trinajstić information content (AvgIpc) is 1.41. The molecule has 6 heavy (non-hydrogen) atoms. The number of halogens is 1. The second-order valence-corrected chi connectivity index (χ2v) is 1.59. The molecule has 0 radical (unpaired) electrons. The van der Waals surface area contributed by atoms with Crippen LogP contribution in [0.5, 0.6) is 0 Å². The normalized spacial score (nSPS) is 4.67. The maximum Gasteiger partial charge on any atom is 0.194 e. The molecule has 34 valence electrons. The van der Waals surface area contributed by atoms with Gasteiger partial charge in [-0.15, -0.1) is 12.8 Å². The summed E-state index contributed by atoms with van der Waals surface area (Å²) >= 11 is 2.63. The Morgan fingerprint density at radius 2 is 1.67 bits per heavy atom. The van der Waals surface area contributed by atoms with Crippen molar-refractivity contribution in [3.8, 4) is 12.8 Å². The quantitative estimate of drug-likeness (QED) is 0.373. The number of rotatable bonds is 0. The molecule has 0 unspecified atom stereocenters. The molecular formula is C4H5BrO. The van der Waals surface area contributed by atoms with E-state index in [1.807, 2.05) is 0 Å². The summed E-state index contributed by atoms with van der Waals surface area (Å²) < 4.78 is -0.0208. The molecule has 0 N–H and O–H groups in total. The molecular weight excluding hydrogens is 144 g/mol. The van der Waals surface area contributed by atoms with Crippen LogP contribution in [0.15, 0.2) is 0 Å². The maximum atomic E-state index is 9.36. The van der Waals surface area contributed by atoms with E-state index in [-0.39, 0.29) is 4.69 Å². The first-order chi connectivity index (χ1) is 2.73. The molecule has 0 rings (SSSR count). The Balaban J connectivity index is 0. The van der Waals surface area contributed by atoms with Crippen molar-refractivity contribution in [2.24, 2.45) is 0 Å². The van der Waals surface area contributed by atoms with E-state index in [0.29, 0.717) is 0 Å². The topological polar surface area (TPSA) is 17.1 Å². The van der Waals surface area contributed by atoms with Gasteiger partial charge in [0.15, 0.2) is 4.69 Å². The van der Waals surface area contributed by atoms with E-state index in [1.165, 1.54) is 6.92 Å². The highest BCUT2D eigenvalue weighted by Gasteiger charge is 1.66. The highest BCUT2D eigenvalue weighted by atomic mass is 79.9. The molecule has 0 aromatic carbocycles. The van der Waals surface area contributed by atoms with Crippen molar-refractivity contribution in [2.75, 3.05) is 0 Å². The summed E-state index contributed by atoms with van der Waals surface area (Å²) in [6.07, 6.45) is 8.00. The third-order valence-corrected chi connectivity index (χ3v) is 0. The molecule has 0 spiro atoms. The highest BCUT2D eigenvalue weighted by Crippen LogP contribution is 1.74. The van der Waals surface area contributed by atoms with Crippen molar-refractivity contribution in [1.82, 2.24) is 0 Å². The number of carbonyl (C=O) groups is 1. The minimum atomic E-state index is -0.0208. The Hall–Kier alpha value is -0.290. The molecule has 0 aliphatic heterocycles. The third-order valence-electron chi connectivity index (χ3n) is 0. The smallest absolute Gasteiger partial charge is 0.194 e. The van der Waals surface area contributed by atoms with E-state index in [1.54, 1.807) is 0 Å². The molecule has 0 aromatic rings. The molecule has 0 atom stereocenters. The fourth-order valence-corrected chi connectivity index (χ4v) is 0. The number of carbonyl (C=O) groups excluding carboxylic acids is 1. The molecule has 0 fully saturated rings. The maximum absolute atomic E-state index is 9.36. The Morgan fingerprint density at radius 1 is 1.67 bits per heavy atom. The summed E-state index contributed by atoms with van der Waals surface area (Å²) in [5, 5.41) is 0. The number of hydrogen-bond donors (Lipinski definition) is 0. The van der Waals surface area contributed by atoms with Crippen LogP contribution < -0.4 is 0 Å². The molecule has 0 amide bonds. The lowest BCUT2D eigenvalue weighted by atomic mass is 11.0. The van der Waals surface area contributed by atoms with Crippen LogP contribution in [0.3, 0.4) is 0 Å². The molecule has 0 saturated carbocycles. The summed E-state index contributed by atoms with van der Waals surface area (Å²) in [4.78, 5) is 9.36. The van der Waals surface area contributed by atoms with Crippen molar-refractivity contribution in [3.05, 3.63) is 0 Å². The van der Waals surface area contributed by atoms with E-state index >= 15 is 0 Å². The summed E-state index contributed by atoms with van der Waals surface area (Å²) in [5.74, 6) is 0. The fourth-order valence-electron chi connectivity index (χ4n) is 0. The lowest BCUT2D eigenvalue weighted by Crippen LogP contribution is -1.60. The second-order valence-electron chi connectivity index (χ2n) is 0.470. The van der Waals surface area contributed by atoms with Crippen molar-refractivity contribution in [1.29, 1.82) is 0 Å². The largest absolute Gasteiger partial charge is 0.287 e. The number of terminal acetylenes is 1. The van der Waals surface area contributed by atoms with Gasteiger partial charge in [0.25, 0.3) is 0 Å². The van der Waals surface area contributed by atoms with Crippen LogP contribution in [0.2, 0.25) is 0 Å². The molecule has 1 nitrogen and oxygen atoms in total. The van der Waals surface area contributed by atoms with Crippen LogP contribution >= 0.6 is 15.9 Å². The van der Waals surface area contributed by atoms with Gasteiger partial charge in [0, 0.05) is 6.92 Å². The highest BCUT2D eigenvalue weighted by molar-refractivity contribution is 9.18. The molecule has 0 aliphatic carbocycles. The van der Waals surface area contributed by atoms with E-state index in [9.17, 15) is 4.79 Å². The molecule has 2 heteroatoms. The first kappa shape index (κ1) is 9.20. The fraction of sp³-hybridized carbons (Fsp3) is 0.250. The summed E-state index contributed by atoms with van der Waals surface area (Å²) in [6, 6.07) is 0. The zero-order chi connectivity index (χ0) is 5.58. The van der Waals surface area contributed by atoms with Crippen LogP contribution in [0, 0.1) is 12.8 Å². The van der Waals surface area contributed by atoms with Crippen LogP contribution in [-0.4, -0.2) is 4.69 Å². The van der Waals surface area contributed by atoms with Gasteiger partial charge in [0.05, 0.1) is 0 Å². The lowest BCUT2D eigenvalue weighted by molar-refractivity contribution is -0.108. The van der Waals surface area contributed by atoms with Crippen LogP contribution in [0.1, 0.15) is 6.92 Å². The Bertz CT molecular complexity index is 51.8. The zero-order valence-corrected chi connectivity index (χ0v) is 5.03. The monoisotopic (exact) mass is 148 g/mol. The first-order valence-corrected chi connectivity index (χ1v) is 2.02. The molecule has 0 aliphatic rings. The van der Waals surface area contributed by atoms with Crippen LogP contribution in [0.25, 0.3) is 0 Å². The zero-order valence-electron chi connectivity index (χ0n) is 3.44. The van der Waals surface area contributed by atoms with E-state index in [4.69, 9.17) is 0 Å². The predicted molar refractivity (Wildman–Crippen MR) is 29.5 cm³/mol. The van der Waals surface area contributed by atoms with E-state index in [2.05, 4.69) is 28.8 Å². The standard InChI is InChI=1S/C2H3BrO.C2H2/c1-2(3)4;1-2/h1H3;1-2H. The predicted octanol–water partition coefficient (Wildman–Crippen LogP) is 1.18. The van der Waals surface area contributed by atoms with Crippen LogP contribution in [0.4, 0.5) is 0 Å². The van der Waals surface area contributed by atoms with Crippen LogP contribution in [-0.2, 0) is 4.79 Å². The minimum absolute atomic E-state index is 0.0208. The summed E-state index contributed by atoms with van der Waals surface area (Å²) in [5.41, 5.74) is 0. The van der Waals surface area contributed by atoms with Gasteiger partial charge in [-0.2, -0.15) is 0 Å². The summed E-state index contributed by atoms with van der Waals surface area (Å²) in [7, 11) is 0. The summed E-state index contributed by atoms with van der Waals surface area (Å²) in [6.45, 7) is 1.44. The second kappa shape index (κ2) is 8.83. The Kier molecular flexibility index (Phi) is 13.5. The molecule has 0 saturated heterocycles. The first-order valence-electron chi connectivity index (χ1n) is 1.23. The Labute approximate surface area is 45.9 Å². The van der Waals surface area contributed by atoms with Crippen molar-refractivity contribution in [2.45, 2.75) is 6.92 Å². The Morgan fingerprint density at radius 3 is 1.67 bits per heavy atom. The average molecular weight is 149 g/mol. The van der Waals surface area contributed by atoms with Gasteiger partial charge in [-0.3, -0.25) is 4.79 Å². The van der Waals surface area contributed by atoms with Gasteiger partial charge < -0.3 is 0 Å². The van der Waals surface area contributed by atoms with Gasteiger partial charge in [-0.05, 0) is 15.9 Å². The molecule has 0 heterocycles. The van der Waals surface area contributed by atoms with Crippen molar-refractivity contribution in [3.63, 3.8) is 0 Å². The molecule has 0 aromatic heterocycles. The number of hydrogen-bond acceptors (Lipinski definition) is 1. The van der Waals surface area contributed by atoms with Gasteiger partial charge >= 0.3 is 0 Å². The van der Waals surface area contributed by atoms with Gasteiger partial charge in [-0.1, -0.05) is 0 Å². The SMILES string of the molecule is C#C.CC(=O)Br. The molecule has 0 bridgehead atoms. The van der Waals surface area contributed by atoms with Crippen molar-refractivity contribution < 1.29 is 4.79 Å². The van der Waals surface area contributed by atoms with Gasteiger partial charge in [0.2, 0.25) is 0 Å². The van der Waals surface area contributed by atoms with Gasteiger partial charge in [0.1, 0.15) is 0 Å². The van der Waals surface area contributed by atoms with E-state index in [0.717, 1.165) is 0 Å². The van der Waals surface area contributed by atoms with Crippen molar-refractivity contribution >= 4 is 20.6 Å². The van der Waals surface area contributed by atoms with Gasteiger partial charge in [-0.25, -0.2) is 0 Å². The third kappa shape index (κ3) is 324. The lowest BCUT2D eigenvalue weighted by Gasteiger charge is -1.52. The minimum Gasteiger partial charge on any atom is -0.287 e.